The monoisotopic (exact) mass is 467 g/mol. The molecule has 0 saturated heterocycles. The van der Waals surface area contributed by atoms with Gasteiger partial charge in [0.05, 0.1) is 21.7 Å². The highest BCUT2D eigenvalue weighted by molar-refractivity contribution is 7.89. The topological polar surface area (TPSA) is 130 Å². The van der Waals surface area contributed by atoms with Crippen molar-refractivity contribution < 1.29 is 31.9 Å². The van der Waals surface area contributed by atoms with E-state index in [0.29, 0.717) is 10.2 Å². The summed E-state index contributed by atoms with van der Waals surface area (Å²) in [5.74, 6) is -2.00. The number of primary sulfonamides is 1. The van der Waals surface area contributed by atoms with Gasteiger partial charge in [0.15, 0.2) is 23.0 Å². The number of ether oxygens (including phenoxy) is 2. The minimum absolute atomic E-state index is 0.0976. The largest absolute Gasteiger partial charge is 0.481 e. The molecule has 0 aliphatic heterocycles. The molecule has 2 N–H and O–H groups in total. The van der Waals surface area contributed by atoms with E-state index < -0.39 is 34.3 Å². The van der Waals surface area contributed by atoms with Gasteiger partial charge in [0.1, 0.15) is 6.54 Å². The number of rotatable bonds is 7. The number of esters is 1. The standard InChI is InChI=1S/C19H18FN3O6S2/c1-2-28-18(25)10-23-14-8-7-12(31(21,26)27)9-16(14)30-19(23)22-17(24)11-29-15-6-4-3-5-13(15)20/h3-9H,2,10-11H2,1H3,(H2,21,26,27). The van der Waals surface area contributed by atoms with Crippen molar-refractivity contribution in [3.8, 4) is 5.75 Å². The summed E-state index contributed by atoms with van der Waals surface area (Å²) in [5.41, 5.74) is 0.465. The first-order chi connectivity index (χ1) is 14.7. The van der Waals surface area contributed by atoms with E-state index in [-0.39, 0.29) is 28.6 Å². The number of para-hydroxylation sites is 1. The molecule has 31 heavy (non-hydrogen) atoms. The number of amides is 1. The average molecular weight is 468 g/mol. The zero-order valence-electron chi connectivity index (χ0n) is 16.3. The van der Waals surface area contributed by atoms with Gasteiger partial charge < -0.3 is 14.0 Å². The van der Waals surface area contributed by atoms with Crippen LogP contribution in [-0.2, 0) is 30.9 Å². The minimum atomic E-state index is -3.94. The molecule has 1 heterocycles. The van der Waals surface area contributed by atoms with Crippen molar-refractivity contribution in [3.63, 3.8) is 0 Å². The van der Waals surface area contributed by atoms with Crippen molar-refractivity contribution in [3.05, 3.63) is 53.1 Å². The van der Waals surface area contributed by atoms with Crippen LogP contribution in [0.15, 0.2) is 52.4 Å². The number of nitrogens with two attached hydrogens (primary N) is 1. The van der Waals surface area contributed by atoms with E-state index in [9.17, 15) is 22.4 Å². The zero-order valence-corrected chi connectivity index (χ0v) is 17.9. The number of sulfonamides is 1. The van der Waals surface area contributed by atoms with E-state index >= 15 is 0 Å². The maximum Gasteiger partial charge on any atom is 0.326 e. The molecule has 0 saturated carbocycles. The smallest absolute Gasteiger partial charge is 0.326 e. The minimum Gasteiger partial charge on any atom is -0.481 e. The molecule has 164 valence electrons. The normalized spacial score (nSPS) is 12.2. The fourth-order valence-electron chi connectivity index (χ4n) is 2.64. The summed E-state index contributed by atoms with van der Waals surface area (Å²) in [7, 11) is -3.94. The number of carbonyl (C=O) groups is 2. The number of thiazole rings is 1. The van der Waals surface area contributed by atoms with Crippen LogP contribution in [0.3, 0.4) is 0 Å². The third kappa shape index (κ3) is 5.54. The van der Waals surface area contributed by atoms with Gasteiger partial charge in [-0.25, -0.2) is 17.9 Å². The predicted octanol–water partition coefficient (Wildman–Crippen LogP) is 1.56. The lowest BCUT2D eigenvalue weighted by Crippen LogP contribution is -2.24. The van der Waals surface area contributed by atoms with Crippen molar-refractivity contribution >= 4 is 43.5 Å². The van der Waals surface area contributed by atoms with Gasteiger partial charge in [0.2, 0.25) is 10.0 Å². The van der Waals surface area contributed by atoms with Crippen LogP contribution in [0.4, 0.5) is 4.39 Å². The Morgan fingerprint density at radius 2 is 1.97 bits per heavy atom. The number of carbonyl (C=O) groups excluding carboxylic acids is 2. The van der Waals surface area contributed by atoms with Crippen LogP contribution >= 0.6 is 11.3 Å². The molecule has 0 bridgehead atoms. The van der Waals surface area contributed by atoms with Crippen molar-refractivity contribution in [1.82, 2.24) is 4.57 Å². The molecule has 1 aromatic heterocycles. The summed E-state index contributed by atoms with van der Waals surface area (Å²) in [6, 6.07) is 9.69. The maximum absolute atomic E-state index is 13.6. The number of hydrogen-bond acceptors (Lipinski definition) is 7. The van der Waals surface area contributed by atoms with Crippen LogP contribution in [0, 0.1) is 5.82 Å². The molecular weight excluding hydrogens is 449 g/mol. The lowest BCUT2D eigenvalue weighted by molar-refractivity contribution is -0.143. The quantitative estimate of drug-likeness (QED) is 0.525. The van der Waals surface area contributed by atoms with Gasteiger partial charge in [0.25, 0.3) is 5.91 Å². The molecule has 0 aliphatic rings. The molecule has 3 aromatic rings. The Bertz CT molecular complexity index is 1310. The highest BCUT2D eigenvalue weighted by Gasteiger charge is 2.16. The molecule has 0 atom stereocenters. The molecule has 0 radical (unpaired) electrons. The summed E-state index contributed by atoms with van der Waals surface area (Å²) >= 11 is 0.985. The Morgan fingerprint density at radius 1 is 1.23 bits per heavy atom. The van der Waals surface area contributed by atoms with Gasteiger partial charge >= 0.3 is 5.97 Å². The van der Waals surface area contributed by atoms with Crippen LogP contribution < -0.4 is 14.7 Å². The van der Waals surface area contributed by atoms with Gasteiger partial charge in [-0.2, -0.15) is 4.99 Å². The summed E-state index contributed by atoms with van der Waals surface area (Å²) in [6.45, 7) is 1.04. The van der Waals surface area contributed by atoms with Gasteiger partial charge in [-0.3, -0.25) is 9.59 Å². The second kappa shape index (κ2) is 9.37. The molecular formula is C19H18FN3O6S2. The molecule has 2 aromatic carbocycles. The molecule has 0 fully saturated rings. The molecule has 3 rings (SSSR count). The second-order valence-electron chi connectivity index (χ2n) is 6.17. The number of hydrogen-bond donors (Lipinski definition) is 1. The Kier molecular flexibility index (Phi) is 6.83. The van der Waals surface area contributed by atoms with Crippen molar-refractivity contribution in [1.29, 1.82) is 0 Å². The molecule has 1 amide bonds. The lowest BCUT2D eigenvalue weighted by Gasteiger charge is -2.06. The Labute approximate surface area is 180 Å². The van der Waals surface area contributed by atoms with Crippen LogP contribution in [-0.4, -0.2) is 38.1 Å². The maximum atomic E-state index is 13.6. The average Bonchev–Trinajstić information content (AvgIpc) is 3.03. The first-order valence-corrected chi connectivity index (χ1v) is 11.3. The zero-order chi connectivity index (χ0) is 22.6. The van der Waals surface area contributed by atoms with Crippen LogP contribution in [0.1, 0.15) is 6.92 Å². The highest BCUT2D eigenvalue weighted by Crippen LogP contribution is 2.21. The van der Waals surface area contributed by atoms with E-state index in [2.05, 4.69) is 4.99 Å². The van der Waals surface area contributed by atoms with Crippen LogP contribution in [0.25, 0.3) is 10.2 Å². The third-order valence-corrected chi connectivity index (χ3v) is 5.94. The van der Waals surface area contributed by atoms with Gasteiger partial charge in [-0.15, -0.1) is 0 Å². The third-order valence-electron chi connectivity index (χ3n) is 3.98. The fraction of sp³-hybridized carbons (Fsp3) is 0.211. The second-order valence-corrected chi connectivity index (χ2v) is 8.75. The van der Waals surface area contributed by atoms with Crippen LogP contribution in [0.5, 0.6) is 5.75 Å². The Balaban J connectivity index is 1.98. The van der Waals surface area contributed by atoms with Crippen molar-refractivity contribution in [2.45, 2.75) is 18.4 Å². The van der Waals surface area contributed by atoms with E-state index in [1.165, 1.54) is 41.0 Å². The summed E-state index contributed by atoms with van der Waals surface area (Å²) < 4.78 is 48.9. The van der Waals surface area contributed by atoms with E-state index in [4.69, 9.17) is 14.6 Å². The van der Waals surface area contributed by atoms with E-state index in [0.717, 1.165) is 11.3 Å². The van der Waals surface area contributed by atoms with Gasteiger partial charge in [0, 0.05) is 0 Å². The van der Waals surface area contributed by atoms with Gasteiger partial charge in [-0.05, 0) is 37.3 Å². The number of nitrogens with zero attached hydrogens (tertiary/aromatic N) is 2. The first kappa shape index (κ1) is 22.6. The highest BCUT2D eigenvalue weighted by atomic mass is 32.2. The Hall–Kier alpha value is -3.09. The molecule has 9 nitrogen and oxygen atoms in total. The number of halogens is 1. The molecule has 0 aliphatic carbocycles. The summed E-state index contributed by atoms with van der Waals surface area (Å²) in [5, 5.41) is 5.17. The van der Waals surface area contributed by atoms with E-state index in [1.807, 2.05) is 0 Å². The summed E-state index contributed by atoms with van der Waals surface area (Å²) in [6.07, 6.45) is 0. The fourth-order valence-corrected chi connectivity index (χ4v) is 4.34. The molecule has 0 unspecified atom stereocenters. The Morgan fingerprint density at radius 3 is 2.65 bits per heavy atom. The predicted molar refractivity (Wildman–Crippen MR) is 110 cm³/mol. The van der Waals surface area contributed by atoms with Crippen molar-refractivity contribution in [2.75, 3.05) is 13.2 Å². The lowest BCUT2D eigenvalue weighted by atomic mass is 10.3. The molecule has 0 spiro atoms. The number of aromatic nitrogens is 1. The number of fused-ring (bicyclic) bond motifs is 1. The van der Waals surface area contributed by atoms with Crippen LogP contribution in [0.2, 0.25) is 0 Å². The molecule has 12 heteroatoms. The van der Waals surface area contributed by atoms with Gasteiger partial charge in [-0.1, -0.05) is 23.5 Å². The van der Waals surface area contributed by atoms with E-state index in [1.54, 1.807) is 13.0 Å². The van der Waals surface area contributed by atoms with Crippen molar-refractivity contribution in [2.24, 2.45) is 10.1 Å². The SMILES string of the molecule is CCOC(=O)Cn1c(=NC(=O)COc2ccccc2F)sc2cc(S(N)(=O)=O)ccc21. The first-order valence-electron chi connectivity index (χ1n) is 8.95. The summed E-state index contributed by atoms with van der Waals surface area (Å²) in [4.78, 5) is 28.3. The number of benzene rings is 2.